The Morgan fingerprint density at radius 1 is 1.38 bits per heavy atom. The molecule has 5 nitrogen and oxygen atoms in total. The van der Waals surface area contributed by atoms with Crippen LogP contribution in [0.5, 0.6) is 0 Å². The fourth-order valence-corrected chi connectivity index (χ4v) is 2.88. The van der Waals surface area contributed by atoms with Crippen molar-refractivity contribution in [3.63, 3.8) is 0 Å². The molecule has 6 heteroatoms. The van der Waals surface area contributed by atoms with E-state index in [9.17, 15) is 9.59 Å². The van der Waals surface area contributed by atoms with Gasteiger partial charge in [-0.1, -0.05) is 19.8 Å². The number of carbonyl (C=O) groups excluding carboxylic acids is 2. The Hall–Kier alpha value is -1.43. The van der Waals surface area contributed by atoms with Gasteiger partial charge in [0.25, 0.3) is 5.91 Å². The second-order valence-corrected chi connectivity index (χ2v) is 6.32. The Morgan fingerprint density at radius 3 is 2.86 bits per heavy atom. The van der Waals surface area contributed by atoms with Crippen molar-refractivity contribution < 1.29 is 14.3 Å². The van der Waals surface area contributed by atoms with E-state index in [1.54, 1.807) is 12.3 Å². The van der Waals surface area contributed by atoms with E-state index in [-0.39, 0.29) is 18.6 Å². The Morgan fingerprint density at radius 2 is 2.14 bits per heavy atom. The van der Waals surface area contributed by atoms with Gasteiger partial charge in [0.1, 0.15) is 0 Å². The maximum absolute atomic E-state index is 11.8. The molecule has 0 saturated heterocycles. The van der Waals surface area contributed by atoms with Crippen LogP contribution in [0.1, 0.15) is 43.0 Å². The molecule has 1 heterocycles. The maximum atomic E-state index is 11.8. The summed E-state index contributed by atoms with van der Waals surface area (Å²) in [5, 5.41) is 2.95. The molecule has 1 aliphatic carbocycles. The van der Waals surface area contributed by atoms with E-state index in [4.69, 9.17) is 4.74 Å². The minimum atomic E-state index is -0.546. The molecule has 2 atom stereocenters. The molecule has 0 unspecified atom stereocenters. The van der Waals surface area contributed by atoms with Crippen LogP contribution in [0.15, 0.2) is 22.9 Å². The largest absolute Gasteiger partial charge is 0.452 e. The van der Waals surface area contributed by atoms with Crippen molar-refractivity contribution in [2.24, 2.45) is 5.92 Å². The van der Waals surface area contributed by atoms with Crippen molar-refractivity contribution in [2.75, 3.05) is 6.61 Å². The third-order valence-corrected chi connectivity index (χ3v) is 4.17. The highest BCUT2D eigenvalue weighted by molar-refractivity contribution is 9.10. The Kier molecular flexibility index (Phi) is 5.73. The summed E-state index contributed by atoms with van der Waals surface area (Å²) in [6.45, 7) is 1.89. The first-order chi connectivity index (χ1) is 10.1. The summed E-state index contributed by atoms with van der Waals surface area (Å²) in [6.07, 6.45) is 7.48. The summed E-state index contributed by atoms with van der Waals surface area (Å²) in [7, 11) is 0. The van der Waals surface area contributed by atoms with Gasteiger partial charge in [-0.05, 0) is 40.8 Å². The van der Waals surface area contributed by atoms with E-state index in [1.165, 1.54) is 12.6 Å². The zero-order valence-corrected chi connectivity index (χ0v) is 13.6. The highest BCUT2D eigenvalue weighted by atomic mass is 79.9. The van der Waals surface area contributed by atoms with E-state index < -0.39 is 5.97 Å². The molecular weight excluding hydrogens is 336 g/mol. The number of nitrogens with one attached hydrogen (secondary N) is 1. The molecule has 1 fully saturated rings. The fraction of sp³-hybridized carbons (Fsp3) is 0.533. The van der Waals surface area contributed by atoms with Crippen LogP contribution in [-0.2, 0) is 9.53 Å². The van der Waals surface area contributed by atoms with Crippen molar-refractivity contribution in [1.82, 2.24) is 10.3 Å². The Balaban J connectivity index is 1.79. The number of esters is 1. The van der Waals surface area contributed by atoms with Gasteiger partial charge < -0.3 is 10.1 Å². The van der Waals surface area contributed by atoms with Gasteiger partial charge in [-0.25, -0.2) is 4.79 Å². The molecule has 114 valence electrons. The summed E-state index contributed by atoms with van der Waals surface area (Å²) in [4.78, 5) is 27.5. The van der Waals surface area contributed by atoms with Gasteiger partial charge in [0, 0.05) is 22.9 Å². The standard InChI is InChI=1S/C15H19BrN2O3/c1-10-4-2-3-5-13(10)18-14(19)9-21-15(20)11-6-12(16)8-17-7-11/h6-8,10,13H,2-5,9H2,1H3,(H,18,19)/t10-,13-/m0/s1. The van der Waals surface area contributed by atoms with Crippen molar-refractivity contribution in [2.45, 2.75) is 38.6 Å². The quantitative estimate of drug-likeness (QED) is 0.844. The van der Waals surface area contributed by atoms with E-state index in [1.807, 2.05) is 0 Å². The number of carbonyl (C=O) groups is 2. The lowest BCUT2D eigenvalue weighted by Crippen LogP contribution is -2.42. The van der Waals surface area contributed by atoms with Crippen molar-refractivity contribution in [1.29, 1.82) is 0 Å². The van der Waals surface area contributed by atoms with E-state index in [0.717, 1.165) is 19.3 Å². The molecule has 1 aromatic heterocycles. The molecule has 2 rings (SSSR count). The lowest BCUT2D eigenvalue weighted by molar-refractivity contribution is -0.125. The van der Waals surface area contributed by atoms with Crippen LogP contribution in [0.4, 0.5) is 0 Å². The van der Waals surface area contributed by atoms with Crippen LogP contribution in [0.25, 0.3) is 0 Å². The predicted molar refractivity (Wildman–Crippen MR) is 81.8 cm³/mol. The summed E-state index contributed by atoms with van der Waals surface area (Å²) >= 11 is 3.23. The number of rotatable bonds is 4. The number of nitrogens with zero attached hydrogens (tertiary/aromatic N) is 1. The van der Waals surface area contributed by atoms with Gasteiger partial charge in [-0.15, -0.1) is 0 Å². The normalized spacial score (nSPS) is 21.6. The smallest absolute Gasteiger partial charge is 0.340 e. The molecule has 0 bridgehead atoms. The van der Waals surface area contributed by atoms with Crippen LogP contribution < -0.4 is 5.32 Å². The van der Waals surface area contributed by atoms with Gasteiger partial charge in [0.05, 0.1) is 5.56 Å². The molecule has 1 amide bonds. The molecule has 1 aromatic rings. The Labute approximate surface area is 132 Å². The van der Waals surface area contributed by atoms with Gasteiger partial charge in [0.15, 0.2) is 6.61 Å². The second kappa shape index (κ2) is 7.54. The minimum Gasteiger partial charge on any atom is -0.452 e. The number of pyridine rings is 1. The van der Waals surface area contributed by atoms with Crippen molar-refractivity contribution >= 4 is 27.8 Å². The fourth-order valence-electron chi connectivity index (χ4n) is 2.52. The number of halogens is 1. The van der Waals surface area contributed by atoms with Crippen LogP contribution >= 0.6 is 15.9 Å². The molecule has 21 heavy (non-hydrogen) atoms. The van der Waals surface area contributed by atoms with Gasteiger partial charge in [-0.2, -0.15) is 0 Å². The van der Waals surface area contributed by atoms with Crippen LogP contribution in [0, 0.1) is 5.92 Å². The Bertz CT molecular complexity index is 521. The second-order valence-electron chi connectivity index (χ2n) is 5.40. The number of hydrogen-bond donors (Lipinski definition) is 1. The van der Waals surface area contributed by atoms with Gasteiger partial charge in [-0.3, -0.25) is 9.78 Å². The molecule has 0 aromatic carbocycles. The lowest BCUT2D eigenvalue weighted by atomic mass is 9.86. The van der Waals surface area contributed by atoms with Gasteiger partial charge >= 0.3 is 5.97 Å². The number of hydrogen-bond acceptors (Lipinski definition) is 4. The number of ether oxygens (including phenoxy) is 1. The van der Waals surface area contributed by atoms with Crippen LogP contribution in [0.3, 0.4) is 0 Å². The summed E-state index contributed by atoms with van der Waals surface area (Å²) < 4.78 is 5.70. The zero-order valence-electron chi connectivity index (χ0n) is 12.0. The zero-order chi connectivity index (χ0) is 15.2. The highest BCUT2D eigenvalue weighted by Crippen LogP contribution is 2.23. The first-order valence-corrected chi connectivity index (χ1v) is 7.92. The lowest BCUT2D eigenvalue weighted by Gasteiger charge is -2.29. The summed E-state index contributed by atoms with van der Waals surface area (Å²) in [6, 6.07) is 1.80. The number of aromatic nitrogens is 1. The third-order valence-electron chi connectivity index (χ3n) is 3.73. The maximum Gasteiger partial charge on any atom is 0.340 e. The minimum absolute atomic E-state index is 0.192. The first kappa shape index (κ1) is 15.9. The van der Waals surface area contributed by atoms with Gasteiger partial charge in [0.2, 0.25) is 0 Å². The summed E-state index contributed by atoms with van der Waals surface area (Å²) in [5.74, 6) is -0.312. The molecule has 1 aliphatic rings. The molecule has 0 aliphatic heterocycles. The molecule has 0 spiro atoms. The van der Waals surface area contributed by atoms with E-state index in [0.29, 0.717) is 16.0 Å². The topological polar surface area (TPSA) is 68.3 Å². The van der Waals surface area contributed by atoms with Crippen LogP contribution in [0.2, 0.25) is 0 Å². The molecular formula is C15H19BrN2O3. The molecule has 1 saturated carbocycles. The average Bonchev–Trinajstić information content (AvgIpc) is 2.47. The van der Waals surface area contributed by atoms with E-state index >= 15 is 0 Å². The monoisotopic (exact) mass is 354 g/mol. The molecule has 0 radical (unpaired) electrons. The third kappa shape index (κ3) is 4.81. The van der Waals surface area contributed by atoms with Crippen molar-refractivity contribution in [3.05, 3.63) is 28.5 Å². The van der Waals surface area contributed by atoms with E-state index in [2.05, 4.69) is 33.2 Å². The average molecular weight is 355 g/mol. The number of amides is 1. The predicted octanol–water partition coefficient (Wildman–Crippen LogP) is 2.70. The van der Waals surface area contributed by atoms with Crippen molar-refractivity contribution in [3.8, 4) is 0 Å². The summed E-state index contributed by atoms with van der Waals surface area (Å²) in [5.41, 5.74) is 0.322. The first-order valence-electron chi connectivity index (χ1n) is 7.13. The van der Waals surface area contributed by atoms with Crippen LogP contribution in [-0.4, -0.2) is 29.5 Å². The highest BCUT2D eigenvalue weighted by Gasteiger charge is 2.23. The SMILES string of the molecule is C[C@H]1CCCC[C@@H]1NC(=O)COC(=O)c1cncc(Br)c1. The molecule has 1 N–H and O–H groups in total.